The fraction of sp³-hybridized carbons (Fsp3) is 0.424. The van der Waals surface area contributed by atoms with E-state index in [4.69, 9.17) is 10.5 Å². The minimum absolute atomic E-state index is 0.00784. The first-order valence-electron chi connectivity index (χ1n) is 15.2. The van der Waals surface area contributed by atoms with E-state index in [0.717, 1.165) is 19.4 Å². The van der Waals surface area contributed by atoms with Crippen LogP contribution in [0.1, 0.15) is 38.2 Å². The van der Waals surface area contributed by atoms with Gasteiger partial charge in [0.2, 0.25) is 5.91 Å². The van der Waals surface area contributed by atoms with Crippen LogP contribution in [0.4, 0.5) is 19.0 Å². The van der Waals surface area contributed by atoms with Crippen molar-refractivity contribution in [1.29, 1.82) is 0 Å². The summed E-state index contributed by atoms with van der Waals surface area (Å²) in [7, 11) is 0. The number of phenols is 1. The zero-order valence-electron chi connectivity index (χ0n) is 24.5. The summed E-state index contributed by atoms with van der Waals surface area (Å²) in [5, 5.41) is 12.1. The van der Waals surface area contributed by atoms with Crippen LogP contribution in [0.3, 0.4) is 0 Å². The van der Waals surface area contributed by atoms with Crippen molar-refractivity contribution in [1.82, 2.24) is 14.9 Å². The second kappa shape index (κ2) is 10.8. The SMILES string of the molecule is CCc1c(F)ccc2cc(O)cc(-c3ccc4c(N5CCC(C(N)=O)C5)nc(OC[C@@]56CCCN5C[C@H](F)C6)nc4c3F)c12. The third-order valence-electron chi connectivity index (χ3n) is 9.68. The Balaban J connectivity index is 1.37. The van der Waals surface area contributed by atoms with Crippen molar-refractivity contribution in [3.8, 4) is 22.9 Å². The molecule has 0 saturated carbocycles. The van der Waals surface area contributed by atoms with Crippen LogP contribution in [-0.4, -0.2) is 70.4 Å². The van der Waals surface area contributed by atoms with Gasteiger partial charge in [0.05, 0.1) is 11.5 Å². The number of aryl methyl sites for hydroxylation is 1. The number of alkyl halides is 1. The lowest BCUT2D eigenvalue weighted by Gasteiger charge is -2.31. The average Bonchev–Trinajstić information content (AvgIpc) is 3.71. The standard InChI is InChI=1S/C33H34F3N5O3/c1-2-22-26(35)7-4-18-12-21(42)13-25(27(18)22)23-5-6-24-29(28(23)36)38-32(39-31(24)40-11-8-19(15-40)30(37)43)44-17-33-9-3-10-41(33)16-20(34)14-33/h4-7,12-13,19-20,42H,2-3,8-11,14-17H2,1H3,(H2,37,43)/t19?,20-,33+/m1/s1. The number of nitrogens with zero attached hydrogens (tertiary/aromatic N) is 4. The Morgan fingerprint density at radius 1 is 1.14 bits per heavy atom. The number of ether oxygens (including phenoxy) is 1. The predicted molar refractivity (Wildman–Crippen MR) is 161 cm³/mol. The number of anilines is 1. The van der Waals surface area contributed by atoms with Gasteiger partial charge in [-0.15, -0.1) is 0 Å². The van der Waals surface area contributed by atoms with Gasteiger partial charge in [0.15, 0.2) is 5.82 Å². The van der Waals surface area contributed by atoms with Crippen LogP contribution in [0.2, 0.25) is 0 Å². The number of aromatic nitrogens is 2. The van der Waals surface area contributed by atoms with Crippen LogP contribution in [-0.2, 0) is 11.2 Å². The van der Waals surface area contributed by atoms with Crippen molar-refractivity contribution in [2.75, 3.05) is 37.7 Å². The molecule has 0 radical (unpaired) electrons. The van der Waals surface area contributed by atoms with Crippen molar-refractivity contribution >= 4 is 33.4 Å². The Kier molecular flexibility index (Phi) is 7.03. The molecule has 11 heteroatoms. The van der Waals surface area contributed by atoms with Gasteiger partial charge in [-0.2, -0.15) is 9.97 Å². The molecule has 230 valence electrons. The lowest BCUT2D eigenvalue weighted by atomic mass is 9.92. The molecule has 44 heavy (non-hydrogen) atoms. The van der Waals surface area contributed by atoms with Crippen molar-refractivity contribution in [3.63, 3.8) is 0 Å². The molecular weight excluding hydrogens is 571 g/mol. The summed E-state index contributed by atoms with van der Waals surface area (Å²) >= 11 is 0. The first-order valence-corrected chi connectivity index (χ1v) is 15.2. The van der Waals surface area contributed by atoms with Gasteiger partial charge in [0.1, 0.15) is 35.7 Å². The summed E-state index contributed by atoms with van der Waals surface area (Å²) in [4.78, 5) is 25.2. The van der Waals surface area contributed by atoms with E-state index < -0.39 is 29.3 Å². The number of carbonyl (C=O) groups is 1. The van der Waals surface area contributed by atoms with Crippen LogP contribution in [0.25, 0.3) is 32.8 Å². The molecule has 3 atom stereocenters. The summed E-state index contributed by atoms with van der Waals surface area (Å²) in [6, 6.07) is 9.12. The maximum absolute atomic E-state index is 16.7. The Labute approximate surface area is 252 Å². The minimum Gasteiger partial charge on any atom is -0.508 e. The molecule has 0 aliphatic carbocycles. The van der Waals surface area contributed by atoms with Crippen molar-refractivity contribution in [3.05, 3.63) is 53.6 Å². The predicted octanol–water partition coefficient (Wildman–Crippen LogP) is 5.26. The number of halogens is 3. The highest BCUT2D eigenvalue weighted by Crippen LogP contribution is 2.42. The molecule has 3 fully saturated rings. The van der Waals surface area contributed by atoms with E-state index in [2.05, 4.69) is 14.9 Å². The Bertz CT molecular complexity index is 1800. The van der Waals surface area contributed by atoms with Gasteiger partial charge in [-0.05, 0) is 78.4 Å². The van der Waals surface area contributed by atoms with E-state index >= 15 is 4.39 Å². The lowest BCUT2D eigenvalue weighted by molar-refractivity contribution is -0.121. The number of fused-ring (bicyclic) bond motifs is 3. The smallest absolute Gasteiger partial charge is 0.319 e. The summed E-state index contributed by atoms with van der Waals surface area (Å²) < 4.78 is 52.2. The van der Waals surface area contributed by atoms with Crippen LogP contribution < -0.4 is 15.4 Å². The maximum Gasteiger partial charge on any atom is 0.319 e. The number of hydrogen-bond acceptors (Lipinski definition) is 7. The van der Waals surface area contributed by atoms with Gasteiger partial charge in [-0.25, -0.2) is 13.2 Å². The highest BCUT2D eigenvalue weighted by Gasteiger charge is 2.49. The van der Waals surface area contributed by atoms with Crippen molar-refractivity contribution < 1.29 is 27.8 Å². The van der Waals surface area contributed by atoms with E-state index in [0.29, 0.717) is 72.0 Å². The van der Waals surface area contributed by atoms with Gasteiger partial charge in [-0.1, -0.05) is 19.1 Å². The molecule has 1 unspecified atom stereocenters. The Morgan fingerprint density at radius 2 is 1.98 bits per heavy atom. The number of phenolic OH excluding ortho intramolecular Hbond substituents is 1. The summed E-state index contributed by atoms with van der Waals surface area (Å²) in [6.45, 7) is 3.96. The van der Waals surface area contributed by atoms with Crippen molar-refractivity contribution in [2.24, 2.45) is 11.7 Å². The molecular formula is C33H34F3N5O3. The molecule has 3 saturated heterocycles. The molecule has 0 bridgehead atoms. The number of rotatable bonds is 7. The minimum atomic E-state index is -0.933. The van der Waals surface area contributed by atoms with Gasteiger partial charge < -0.3 is 20.5 Å². The van der Waals surface area contributed by atoms with E-state index in [1.165, 1.54) is 18.2 Å². The third kappa shape index (κ3) is 4.68. The average molecular weight is 606 g/mol. The number of primary amides is 1. The van der Waals surface area contributed by atoms with Gasteiger partial charge in [0, 0.05) is 37.0 Å². The zero-order chi connectivity index (χ0) is 30.7. The number of benzene rings is 3. The second-order valence-corrected chi connectivity index (χ2v) is 12.3. The number of hydrogen-bond donors (Lipinski definition) is 2. The van der Waals surface area contributed by atoms with Crippen molar-refractivity contribution in [2.45, 2.75) is 50.7 Å². The van der Waals surface area contributed by atoms with Gasteiger partial charge in [-0.3, -0.25) is 9.69 Å². The molecule has 3 aliphatic heterocycles. The summed E-state index contributed by atoms with van der Waals surface area (Å²) in [5.74, 6) is -1.53. The largest absolute Gasteiger partial charge is 0.508 e. The number of amides is 1. The summed E-state index contributed by atoms with van der Waals surface area (Å²) in [6.07, 6.45) is 2.07. The molecule has 3 N–H and O–H groups in total. The molecule has 1 aromatic heterocycles. The van der Waals surface area contributed by atoms with E-state index in [1.807, 2.05) is 11.8 Å². The Morgan fingerprint density at radius 3 is 2.75 bits per heavy atom. The van der Waals surface area contributed by atoms with E-state index in [9.17, 15) is 18.7 Å². The van der Waals surface area contributed by atoms with E-state index in [-0.39, 0.29) is 35.4 Å². The maximum atomic E-state index is 16.7. The van der Waals surface area contributed by atoms with Gasteiger partial charge in [0.25, 0.3) is 0 Å². The molecule has 8 nitrogen and oxygen atoms in total. The highest BCUT2D eigenvalue weighted by atomic mass is 19.1. The van der Waals surface area contributed by atoms with E-state index in [1.54, 1.807) is 18.2 Å². The highest BCUT2D eigenvalue weighted by molar-refractivity contribution is 6.03. The number of nitrogens with two attached hydrogens (primary N) is 1. The Hall–Kier alpha value is -4.12. The zero-order valence-corrected chi connectivity index (χ0v) is 24.5. The monoisotopic (exact) mass is 605 g/mol. The molecule has 1 amide bonds. The number of aromatic hydroxyl groups is 1. The molecule has 4 heterocycles. The molecule has 3 aromatic carbocycles. The first-order chi connectivity index (χ1) is 21.2. The normalized spacial score (nSPS) is 23.6. The quantitative estimate of drug-likeness (QED) is 0.296. The number of carbonyl (C=O) groups excluding carboxylic acids is 1. The molecule has 4 aromatic rings. The van der Waals surface area contributed by atoms with Crippen LogP contribution in [0.5, 0.6) is 11.8 Å². The summed E-state index contributed by atoms with van der Waals surface area (Å²) in [5.41, 5.74) is 6.03. The van der Waals surface area contributed by atoms with Crippen LogP contribution >= 0.6 is 0 Å². The third-order valence-corrected chi connectivity index (χ3v) is 9.68. The second-order valence-electron chi connectivity index (χ2n) is 12.3. The topological polar surface area (TPSA) is 105 Å². The molecule has 0 spiro atoms. The fourth-order valence-electron chi connectivity index (χ4n) is 7.53. The van der Waals surface area contributed by atoms with Crippen LogP contribution in [0, 0.1) is 17.6 Å². The van der Waals surface area contributed by atoms with Gasteiger partial charge >= 0.3 is 6.01 Å². The fourth-order valence-corrected chi connectivity index (χ4v) is 7.53. The van der Waals surface area contributed by atoms with Crippen LogP contribution in [0.15, 0.2) is 36.4 Å². The first kappa shape index (κ1) is 28.6. The molecule has 3 aliphatic rings. The lowest BCUT2D eigenvalue weighted by Crippen LogP contribution is -2.43. The molecule has 7 rings (SSSR count).